The van der Waals surface area contributed by atoms with Crippen LogP contribution in [0.15, 0.2) is 287 Å². The van der Waals surface area contributed by atoms with Gasteiger partial charge < -0.3 is 0 Å². The third-order valence-electron chi connectivity index (χ3n) is 27.1. The molecule has 13 aromatic carbocycles. The van der Waals surface area contributed by atoms with Gasteiger partial charge in [-0.2, -0.15) is 0 Å². The summed E-state index contributed by atoms with van der Waals surface area (Å²) < 4.78 is 39.7. The number of hydrogen-bond acceptors (Lipinski definition) is 6. The molecule has 0 unspecified atom stereocenters. The lowest BCUT2D eigenvalue weighted by Gasteiger charge is -2.21. The first kappa shape index (κ1) is 98.5. The Labute approximate surface area is 814 Å². The van der Waals surface area contributed by atoms with Crippen molar-refractivity contribution in [1.82, 2.24) is 57.3 Å². The van der Waals surface area contributed by atoms with Crippen molar-refractivity contribution >= 4 is 5.69 Å². The number of aromatic nitrogens is 12. The second-order valence-corrected chi connectivity index (χ2v) is 36.7. The Hall–Kier alpha value is -15.5. The number of aryl methyl sites for hydroxylation is 16. The molecule has 0 N–H and O–H groups in total. The van der Waals surface area contributed by atoms with Gasteiger partial charge in [-0.1, -0.05) is 175 Å². The van der Waals surface area contributed by atoms with E-state index in [1.807, 2.05) is 120 Å². The number of hydrogen-bond donors (Lipinski definition) is 0. The second-order valence-electron chi connectivity index (χ2n) is 36.7. The van der Waals surface area contributed by atoms with Gasteiger partial charge in [0.2, 0.25) is 0 Å². The van der Waals surface area contributed by atoms with Gasteiger partial charge in [-0.25, -0.2) is 43.5 Å². The van der Waals surface area contributed by atoms with Crippen molar-refractivity contribution < 1.29 is 8.78 Å². The van der Waals surface area contributed by atoms with Crippen molar-refractivity contribution in [3.05, 3.63) is 454 Å². The standard InChI is InChI=1S/C26H26N2.C21H23FN2.C21H24N2.C19H17N3.C18H17FN2.C18H18N2/c1-17-12-18(2)14-22(13-17)23-15-20(4)25(21(5)16-23)28-11-10-27-26(28)24-9-7-6-8-19(24)3;1-12-11-18(22)7-8-19(12)21-23-9-10-24(21)20-16(5)14(3)13(2)15(4)17(20)6;1-13-9-7-8-10-19(13)21-22-11-12-23(21)20-17(5)15(3)14(2)16(4)18(20)6;1-13-7-5-6-8-17(13)19-21-9-10-22(19)18-14(2)11-16(20-4)12-15(18)3;1-12-5-4-6-13(2)17(12)21-10-9-20-18(21)16-8-7-15(19)11-14(16)3;1-13-7-4-5-10-16(13)18-19-11-12-20(18)17-14(2)8-6-9-15(17)3/h6-16H,1-5H3;7-11H,1-6H3;7-12H,1-6H3;5-12H,1-3H3;4-11H,1-3H3;4-12H,1-3H3. The van der Waals surface area contributed by atoms with Crippen molar-refractivity contribution in [1.29, 1.82) is 0 Å². The summed E-state index contributed by atoms with van der Waals surface area (Å²) in [5.41, 5.74) is 49.0. The molecule has 138 heavy (non-hydrogen) atoms. The second kappa shape index (κ2) is 42.6. The zero-order valence-corrected chi connectivity index (χ0v) is 84.7. The third-order valence-corrected chi connectivity index (χ3v) is 27.1. The van der Waals surface area contributed by atoms with Gasteiger partial charge in [0.15, 0.2) is 5.69 Å². The predicted octanol–water partition coefficient (Wildman–Crippen LogP) is 31.8. The minimum absolute atomic E-state index is 0.219. The van der Waals surface area contributed by atoms with Crippen LogP contribution in [-0.4, -0.2) is 57.3 Å². The third kappa shape index (κ3) is 20.7. The SMILES string of the molecule is Cc1cc(C)cc(-c2cc(C)c(-n3ccnc3-c3ccccc3C)c(C)c2)c1.Cc1cc(F)ccc1-c1nccn1-c1c(C)c(C)c(C)c(C)c1C.Cc1cc(F)ccc1-c1nccn1-c1c(C)cccc1C.Cc1ccccc1-c1nccn1-c1c(C)c(C)c(C)c(C)c1C.Cc1ccccc1-c1nccn1-c1c(C)cccc1C.[C-]#[N+]c1cc(C)c(-n2ccnc2-c2ccccc2C)c(C)c1. The van der Waals surface area contributed by atoms with Gasteiger partial charge in [-0.15, -0.1) is 0 Å². The lowest BCUT2D eigenvalue weighted by molar-refractivity contribution is 0.626. The molecule has 0 bridgehead atoms. The van der Waals surface area contributed by atoms with E-state index >= 15 is 0 Å². The van der Waals surface area contributed by atoms with Gasteiger partial charge >= 0.3 is 0 Å². The van der Waals surface area contributed by atoms with Crippen molar-refractivity contribution in [2.45, 2.75) is 180 Å². The normalized spacial score (nSPS) is 10.9. The zero-order valence-electron chi connectivity index (χ0n) is 84.7. The van der Waals surface area contributed by atoms with Gasteiger partial charge in [-0.05, 0) is 373 Å². The van der Waals surface area contributed by atoms with Crippen LogP contribution in [0.2, 0.25) is 0 Å². The van der Waals surface area contributed by atoms with E-state index in [4.69, 9.17) is 6.57 Å². The molecule has 15 heteroatoms. The van der Waals surface area contributed by atoms with Gasteiger partial charge in [0.05, 0.1) is 40.7 Å². The van der Waals surface area contributed by atoms with Gasteiger partial charge in [0.1, 0.15) is 46.6 Å². The summed E-state index contributed by atoms with van der Waals surface area (Å²) in [6.45, 7) is 62.6. The van der Waals surface area contributed by atoms with E-state index in [2.05, 4.69) is 372 Å². The molecule has 696 valence electrons. The molecule has 0 atom stereocenters. The summed E-state index contributed by atoms with van der Waals surface area (Å²) in [5, 5.41) is 0. The lowest BCUT2D eigenvalue weighted by Crippen LogP contribution is -2.07. The smallest absolute Gasteiger partial charge is 0.187 e. The Morgan fingerprint density at radius 1 is 0.203 bits per heavy atom. The van der Waals surface area contributed by atoms with Crippen LogP contribution in [-0.2, 0) is 0 Å². The summed E-state index contributed by atoms with van der Waals surface area (Å²) in [7, 11) is 0. The van der Waals surface area contributed by atoms with Crippen molar-refractivity contribution in [2.24, 2.45) is 0 Å². The molecule has 0 saturated carbocycles. The Balaban J connectivity index is 0.000000133. The van der Waals surface area contributed by atoms with Crippen LogP contribution in [0.5, 0.6) is 0 Å². The summed E-state index contributed by atoms with van der Waals surface area (Å²) >= 11 is 0. The number of nitrogens with zero attached hydrogens (tertiary/aromatic N) is 13. The summed E-state index contributed by atoms with van der Waals surface area (Å²) in [6.07, 6.45) is 23.2. The molecule has 0 aliphatic carbocycles. The topological polar surface area (TPSA) is 111 Å². The quantitative estimate of drug-likeness (QED) is 0.106. The molecular weight excluding hydrogens is 1700 g/mol. The molecule has 0 saturated heterocycles. The van der Waals surface area contributed by atoms with Gasteiger partial charge in [-0.3, -0.25) is 27.4 Å². The predicted molar refractivity (Wildman–Crippen MR) is 569 cm³/mol. The first-order valence-electron chi connectivity index (χ1n) is 47.0. The van der Waals surface area contributed by atoms with Crippen LogP contribution in [0.1, 0.15) is 145 Å². The van der Waals surface area contributed by atoms with Crippen LogP contribution in [0, 0.1) is 198 Å². The highest BCUT2D eigenvalue weighted by Crippen LogP contribution is 2.40. The highest BCUT2D eigenvalue weighted by atomic mass is 19.1. The van der Waals surface area contributed by atoms with Crippen LogP contribution in [0.25, 0.3) is 118 Å². The fourth-order valence-corrected chi connectivity index (χ4v) is 19.2. The van der Waals surface area contributed by atoms with Crippen molar-refractivity contribution in [3.8, 4) is 114 Å². The monoisotopic (exact) mass is 1820 g/mol. The van der Waals surface area contributed by atoms with Gasteiger partial charge in [0, 0.05) is 108 Å². The fraction of sp³-hybridized carbons (Fsp3) is 0.211. The van der Waals surface area contributed by atoms with Crippen molar-refractivity contribution in [2.75, 3.05) is 0 Å². The largest absolute Gasteiger partial charge is 0.299 e. The maximum Gasteiger partial charge on any atom is 0.187 e. The molecule has 0 aliphatic heterocycles. The van der Waals surface area contributed by atoms with Crippen LogP contribution in [0.3, 0.4) is 0 Å². The van der Waals surface area contributed by atoms with E-state index in [-0.39, 0.29) is 11.6 Å². The molecule has 6 aromatic heterocycles. The minimum Gasteiger partial charge on any atom is -0.299 e. The minimum atomic E-state index is -0.221. The lowest BCUT2D eigenvalue weighted by atomic mass is 9.92. The molecule has 19 rings (SSSR count). The summed E-state index contributed by atoms with van der Waals surface area (Å²) in [4.78, 5) is 31.0. The number of rotatable bonds is 13. The molecule has 0 radical (unpaired) electrons. The molecule has 19 aromatic rings. The first-order valence-corrected chi connectivity index (χ1v) is 47.0. The van der Waals surface area contributed by atoms with E-state index in [0.717, 1.165) is 85.3 Å². The fourth-order valence-electron chi connectivity index (χ4n) is 19.2. The molecule has 13 nitrogen and oxygen atoms in total. The van der Waals surface area contributed by atoms with E-state index < -0.39 is 0 Å². The van der Waals surface area contributed by atoms with Crippen molar-refractivity contribution in [3.63, 3.8) is 0 Å². The van der Waals surface area contributed by atoms with E-state index in [9.17, 15) is 8.78 Å². The maximum atomic E-state index is 13.5. The maximum absolute atomic E-state index is 13.5. The molecular formula is C123H125F2N13. The van der Waals surface area contributed by atoms with E-state index in [0.29, 0.717) is 5.69 Å². The van der Waals surface area contributed by atoms with E-state index in [1.54, 1.807) is 24.4 Å². The molecule has 0 aliphatic rings. The first-order chi connectivity index (χ1) is 66.1. The Morgan fingerprint density at radius 3 is 0.674 bits per heavy atom. The summed E-state index contributed by atoms with van der Waals surface area (Å²) in [5.74, 6) is 5.18. The average Bonchev–Trinajstić information content (AvgIpc) is 1.70. The number of halogens is 2. The van der Waals surface area contributed by atoms with Crippen LogP contribution in [0.4, 0.5) is 14.5 Å². The average molecular weight is 1820 g/mol. The molecule has 6 heterocycles. The number of para-hydroxylation sites is 2. The van der Waals surface area contributed by atoms with E-state index in [1.165, 1.54) is 185 Å². The number of imidazole rings is 6. The molecule has 0 amide bonds. The van der Waals surface area contributed by atoms with Crippen LogP contribution < -0.4 is 0 Å². The molecule has 0 fully saturated rings. The van der Waals surface area contributed by atoms with Crippen LogP contribution >= 0.6 is 0 Å². The number of benzene rings is 13. The van der Waals surface area contributed by atoms with Gasteiger partial charge in [0.25, 0.3) is 0 Å². The summed E-state index contributed by atoms with van der Waals surface area (Å²) in [6, 6.07) is 70.9. The zero-order chi connectivity index (χ0) is 98.9. The highest BCUT2D eigenvalue weighted by molar-refractivity contribution is 5.75. The molecule has 0 spiro atoms. The Kier molecular flexibility index (Phi) is 30.4. The Bertz CT molecular complexity index is 7600. The Morgan fingerprint density at radius 2 is 0.420 bits per heavy atom. The highest BCUT2D eigenvalue weighted by Gasteiger charge is 2.24.